The number of amides is 2. The van der Waals surface area contributed by atoms with Crippen LogP contribution in [0.2, 0.25) is 0 Å². The number of likely N-dealkylation sites (tertiary alicyclic amines) is 2. The molecule has 3 aliphatic rings. The summed E-state index contributed by atoms with van der Waals surface area (Å²) in [6, 6.07) is 1.92. The van der Waals surface area contributed by atoms with E-state index in [1.165, 1.54) is 0 Å². The molecule has 4 rings (SSSR count). The second-order valence-electron chi connectivity index (χ2n) is 8.77. The van der Waals surface area contributed by atoms with Gasteiger partial charge in [-0.15, -0.1) is 0 Å². The summed E-state index contributed by atoms with van der Waals surface area (Å²) < 4.78 is 0. The van der Waals surface area contributed by atoms with Crippen LogP contribution in [0.5, 0.6) is 0 Å². The lowest BCUT2D eigenvalue weighted by molar-refractivity contribution is -0.141. The first-order valence-corrected chi connectivity index (χ1v) is 10.5. The van der Waals surface area contributed by atoms with Gasteiger partial charge in [0.15, 0.2) is 0 Å². The third-order valence-electron chi connectivity index (χ3n) is 7.17. The molecule has 142 valence electrons. The summed E-state index contributed by atoms with van der Waals surface area (Å²) in [5, 5.41) is 3.90. The second kappa shape index (κ2) is 6.34. The highest BCUT2D eigenvalue weighted by Gasteiger charge is 2.64. The number of thiophene rings is 1. The van der Waals surface area contributed by atoms with Crippen LogP contribution in [0, 0.1) is 16.7 Å². The number of fused-ring (bicyclic) bond motifs is 2. The average molecular weight is 376 g/mol. The van der Waals surface area contributed by atoms with Crippen molar-refractivity contribution in [3.05, 3.63) is 22.4 Å². The van der Waals surface area contributed by atoms with Crippen LogP contribution in [0.25, 0.3) is 0 Å². The molecule has 5 nitrogen and oxygen atoms in total. The molecule has 3 fully saturated rings. The number of hydrogen-bond acceptors (Lipinski definition) is 4. The first-order chi connectivity index (χ1) is 12.4. The summed E-state index contributed by atoms with van der Waals surface area (Å²) in [6.07, 6.45) is 4.19. The van der Waals surface area contributed by atoms with Crippen LogP contribution in [-0.2, 0) is 4.79 Å². The zero-order valence-electron chi connectivity index (χ0n) is 16.0. The average Bonchev–Trinajstić information content (AvgIpc) is 3.32. The Morgan fingerprint density at radius 2 is 1.92 bits per heavy atom. The standard InChI is InChI=1S/C20H29N3O2S/c1-21(2)18(25)20-6-5-19(16(20)12-22(3)14-20)7-9-23(10-8-19)17(24)15-4-11-26-13-15/h4,11,13,16H,5-10,12,14H2,1-3H3/t16-,20+/m0/s1. The molecule has 3 heterocycles. The minimum atomic E-state index is -0.211. The molecule has 0 unspecified atom stereocenters. The minimum Gasteiger partial charge on any atom is -0.348 e. The molecule has 1 aromatic heterocycles. The van der Waals surface area contributed by atoms with E-state index in [1.807, 2.05) is 35.8 Å². The minimum absolute atomic E-state index is 0.165. The molecule has 2 amide bonds. The number of nitrogens with zero attached hydrogens (tertiary/aromatic N) is 3. The van der Waals surface area contributed by atoms with Crippen molar-refractivity contribution in [2.75, 3.05) is 47.3 Å². The van der Waals surface area contributed by atoms with E-state index in [1.54, 1.807) is 16.2 Å². The maximum atomic E-state index is 13.1. The lowest BCUT2D eigenvalue weighted by atomic mass is 9.65. The highest BCUT2D eigenvalue weighted by atomic mass is 32.1. The molecule has 2 atom stereocenters. The molecular formula is C20H29N3O2S. The van der Waals surface area contributed by atoms with E-state index in [-0.39, 0.29) is 16.7 Å². The Morgan fingerprint density at radius 1 is 1.19 bits per heavy atom. The predicted octanol–water partition coefficient (Wildman–Crippen LogP) is 2.40. The number of rotatable bonds is 2. The number of carbonyl (C=O) groups excluding carboxylic acids is 2. The zero-order valence-corrected chi connectivity index (χ0v) is 16.8. The Morgan fingerprint density at radius 3 is 2.54 bits per heavy atom. The van der Waals surface area contributed by atoms with Crippen molar-refractivity contribution in [2.24, 2.45) is 16.7 Å². The number of piperidine rings is 1. The van der Waals surface area contributed by atoms with Crippen molar-refractivity contribution < 1.29 is 9.59 Å². The Labute approximate surface area is 159 Å². The van der Waals surface area contributed by atoms with Crippen LogP contribution in [0.15, 0.2) is 16.8 Å². The fourth-order valence-electron chi connectivity index (χ4n) is 5.91. The van der Waals surface area contributed by atoms with Gasteiger partial charge in [0.1, 0.15) is 0 Å². The van der Waals surface area contributed by atoms with Gasteiger partial charge >= 0.3 is 0 Å². The fourth-order valence-corrected chi connectivity index (χ4v) is 6.54. The molecule has 1 spiro atoms. The molecule has 0 bridgehead atoms. The normalized spacial score (nSPS) is 30.6. The smallest absolute Gasteiger partial charge is 0.254 e. The van der Waals surface area contributed by atoms with E-state index >= 15 is 0 Å². The van der Waals surface area contributed by atoms with Gasteiger partial charge in [-0.1, -0.05) is 0 Å². The summed E-state index contributed by atoms with van der Waals surface area (Å²) in [7, 11) is 5.92. The van der Waals surface area contributed by atoms with E-state index in [9.17, 15) is 9.59 Å². The lowest BCUT2D eigenvalue weighted by Gasteiger charge is -2.44. The van der Waals surface area contributed by atoms with Crippen LogP contribution in [0.4, 0.5) is 0 Å². The van der Waals surface area contributed by atoms with E-state index in [4.69, 9.17) is 0 Å². The van der Waals surface area contributed by atoms with Crippen molar-refractivity contribution >= 4 is 23.2 Å². The number of carbonyl (C=O) groups is 2. The molecule has 1 aromatic rings. The molecule has 2 aliphatic heterocycles. The van der Waals surface area contributed by atoms with Gasteiger partial charge in [0, 0.05) is 45.7 Å². The van der Waals surface area contributed by atoms with Gasteiger partial charge in [-0.25, -0.2) is 0 Å². The highest BCUT2D eigenvalue weighted by molar-refractivity contribution is 7.08. The molecule has 1 saturated carbocycles. The molecular weight excluding hydrogens is 346 g/mol. The van der Waals surface area contributed by atoms with E-state index in [0.29, 0.717) is 11.8 Å². The van der Waals surface area contributed by atoms with Crippen LogP contribution in [0.1, 0.15) is 36.0 Å². The molecule has 0 N–H and O–H groups in total. The SMILES string of the molecule is CN1C[C@H]2C3(CCN(C(=O)c4ccsc4)CC3)CC[C@@]2(C(=O)N(C)C)C1. The van der Waals surface area contributed by atoms with Gasteiger partial charge in [0.2, 0.25) is 5.91 Å². The summed E-state index contributed by atoms with van der Waals surface area (Å²) in [4.78, 5) is 31.9. The van der Waals surface area contributed by atoms with Crippen molar-refractivity contribution in [1.82, 2.24) is 14.7 Å². The molecule has 0 radical (unpaired) electrons. The third kappa shape index (κ3) is 2.61. The Balaban J connectivity index is 1.52. The quantitative estimate of drug-likeness (QED) is 0.797. The molecule has 2 saturated heterocycles. The van der Waals surface area contributed by atoms with E-state index in [0.717, 1.165) is 57.4 Å². The Kier molecular flexibility index (Phi) is 4.39. The number of hydrogen-bond donors (Lipinski definition) is 0. The lowest BCUT2D eigenvalue weighted by Crippen LogP contribution is -2.49. The van der Waals surface area contributed by atoms with Crippen LogP contribution in [0.3, 0.4) is 0 Å². The summed E-state index contributed by atoms with van der Waals surface area (Å²) in [5.74, 6) is 0.895. The second-order valence-corrected chi connectivity index (χ2v) is 9.55. The maximum Gasteiger partial charge on any atom is 0.254 e. The topological polar surface area (TPSA) is 43.9 Å². The van der Waals surface area contributed by atoms with Crippen LogP contribution < -0.4 is 0 Å². The van der Waals surface area contributed by atoms with Crippen LogP contribution in [-0.4, -0.2) is 73.8 Å². The zero-order chi connectivity index (χ0) is 18.5. The van der Waals surface area contributed by atoms with Crippen molar-refractivity contribution in [3.8, 4) is 0 Å². The molecule has 26 heavy (non-hydrogen) atoms. The van der Waals surface area contributed by atoms with Crippen LogP contribution >= 0.6 is 11.3 Å². The molecule has 6 heteroatoms. The van der Waals surface area contributed by atoms with E-state index in [2.05, 4.69) is 11.9 Å². The largest absolute Gasteiger partial charge is 0.348 e. The Hall–Kier alpha value is -1.40. The highest BCUT2D eigenvalue weighted by Crippen LogP contribution is 2.62. The summed E-state index contributed by atoms with van der Waals surface area (Å²) >= 11 is 1.57. The van der Waals surface area contributed by atoms with Gasteiger partial charge in [-0.3, -0.25) is 9.59 Å². The summed E-state index contributed by atoms with van der Waals surface area (Å²) in [5.41, 5.74) is 0.828. The van der Waals surface area contributed by atoms with Gasteiger partial charge in [0.05, 0.1) is 11.0 Å². The van der Waals surface area contributed by atoms with Gasteiger partial charge in [-0.2, -0.15) is 11.3 Å². The van der Waals surface area contributed by atoms with Gasteiger partial charge in [-0.05, 0) is 55.5 Å². The fraction of sp³-hybridized carbons (Fsp3) is 0.700. The van der Waals surface area contributed by atoms with Gasteiger partial charge < -0.3 is 14.7 Å². The maximum absolute atomic E-state index is 13.1. The molecule has 1 aliphatic carbocycles. The van der Waals surface area contributed by atoms with E-state index < -0.39 is 0 Å². The van der Waals surface area contributed by atoms with Gasteiger partial charge in [0.25, 0.3) is 5.91 Å². The predicted molar refractivity (Wildman–Crippen MR) is 103 cm³/mol. The van der Waals surface area contributed by atoms with Crippen molar-refractivity contribution in [2.45, 2.75) is 25.7 Å². The van der Waals surface area contributed by atoms with Crippen molar-refractivity contribution in [3.63, 3.8) is 0 Å². The monoisotopic (exact) mass is 375 g/mol. The third-order valence-corrected chi connectivity index (χ3v) is 7.85. The first kappa shape index (κ1) is 18.0. The Bertz CT molecular complexity index is 694. The first-order valence-electron chi connectivity index (χ1n) is 9.60. The summed E-state index contributed by atoms with van der Waals surface area (Å²) in [6.45, 7) is 3.54. The molecule has 0 aromatic carbocycles. The van der Waals surface area contributed by atoms with Crippen molar-refractivity contribution in [1.29, 1.82) is 0 Å².